The van der Waals surface area contributed by atoms with Gasteiger partial charge in [-0.05, 0) is 18.7 Å². The fraction of sp³-hybridized carbons (Fsp3) is 0.750. The molecule has 6 nitrogen and oxygen atoms in total. The molecule has 0 aromatic carbocycles. The summed E-state index contributed by atoms with van der Waals surface area (Å²) in [7, 11) is 0. The van der Waals surface area contributed by atoms with Gasteiger partial charge in [-0.25, -0.2) is 4.79 Å². The average molecular weight is 303 g/mol. The number of hydrogen-bond acceptors (Lipinski definition) is 5. The van der Waals surface area contributed by atoms with Crippen LogP contribution < -0.4 is 69.3 Å². The third-order valence-corrected chi connectivity index (χ3v) is 2.44. The van der Waals surface area contributed by atoms with Gasteiger partial charge in [0.1, 0.15) is 0 Å². The van der Waals surface area contributed by atoms with E-state index >= 15 is 0 Å². The topological polar surface area (TPSA) is 113 Å². The van der Waals surface area contributed by atoms with Gasteiger partial charge in [-0.3, -0.25) is 4.99 Å². The second-order valence-corrected chi connectivity index (χ2v) is 4.12. The third-order valence-electron chi connectivity index (χ3n) is 2.44. The first-order chi connectivity index (χ1) is 8.47. The first kappa shape index (κ1) is 25.4. The van der Waals surface area contributed by atoms with Crippen LogP contribution in [0.2, 0.25) is 0 Å². The molecule has 0 spiro atoms. The zero-order valence-corrected chi connectivity index (χ0v) is 16.6. The maximum absolute atomic E-state index is 11.3. The zero-order valence-electron chi connectivity index (χ0n) is 12.6. The van der Waals surface area contributed by atoms with Crippen molar-refractivity contribution in [2.45, 2.75) is 57.9 Å². The molecule has 0 bridgehead atoms. The largest absolute Gasteiger partial charge is 1.00 e. The smallest absolute Gasteiger partial charge is 0.862 e. The van der Waals surface area contributed by atoms with E-state index in [0.29, 0.717) is 6.42 Å². The number of carboxylic acids is 2. The molecule has 0 aliphatic carbocycles. The van der Waals surface area contributed by atoms with E-state index in [4.69, 9.17) is 5.11 Å². The molecule has 0 aliphatic rings. The van der Waals surface area contributed by atoms with Crippen molar-refractivity contribution in [3.63, 3.8) is 0 Å². The van der Waals surface area contributed by atoms with Gasteiger partial charge in [-0.2, -0.15) is 0 Å². The number of aliphatic imine (C=N–C) groups is 1. The number of unbranched alkanes of at least 4 members (excludes halogenated alkanes) is 4. The Morgan fingerprint density at radius 3 is 2.10 bits per heavy atom. The molecule has 1 atom stereocenters. The van der Waals surface area contributed by atoms with E-state index < -0.39 is 30.3 Å². The molecule has 0 rings (SSSR count). The van der Waals surface area contributed by atoms with E-state index in [9.17, 15) is 19.8 Å². The summed E-state index contributed by atoms with van der Waals surface area (Å²) >= 11 is 0. The maximum atomic E-state index is 11.3. The van der Waals surface area contributed by atoms with Crippen molar-refractivity contribution < 1.29 is 84.0 Å². The number of hydrogen-bond donors (Lipinski definition) is 1. The molecule has 20 heavy (non-hydrogen) atoms. The molecule has 0 aromatic heterocycles. The molecule has 0 aromatic rings. The van der Waals surface area contributed by atoms with Gasteiger partial charge in [0, 0.05) is 12.4 Å². The van der Waals surface area contributed by atoms with Crippen LogP contribution in [0.15, 0.2) is 4.99 Å². The maximum Gasteiger partial charge on any atom is 1.00 e. The van der Waals surface area contributed by atoms with Crippen LogP contribution in [-0.4, -0.2) is 29.0 Å². The Morgan fingerprint density at radius 1 is 1.10 bits per heavy atom. The molecule has 0 aliphatic heterocycles. The predicted octanol–water partition coefficient (Wildman–Crippen LogP) is -6.29. The minimum absolute atomic E-state index is 0. The average Bonchev–Trinajstić information content (AvgIpc) is 2.27. The zero-order chi connectivity index (χ0) is 14.0. The van der Waals surface area contributed by atoms with E-state index in [0.717, 1.165) is 25.7 Å². The van der Waals surface area contributed by atoms with Crippen LogP contribution in [0.1, 0.15) is 51.9 Å². The summed E-state index contributed by atoms with van der Waals surface area (Å²) in [6.07, 6.45) is 4.19. The van der Waals surface area contributed by atoms with Gasteiger partial charge in [0.05, 0.1) is 0 Å². The Hall–Kier alpha value is 0.410. The summed E-state index contributed by atoms with van der Waals surface area (Å²) in [4.78, 5) is 24.3. The number of aliphatic carboxylic acids is 2. The molecule has 0 saturated heterocycles. The molecule has 0 saturated carbocycles. The van der Waals surface area contributed by atoms with Gasteiger partial charge in [-0.1, -0.05) is 32.6 Å². The fourth-order valence-corrected chi connectivity index (χ4v) is 1.46. The Kier molecular flexibility index (Phi) is 20.0. The summed E-state index contributed by atoms with van der Waals surface area (Å²) in [6.45, 7) is 2.08. The Morgan fingerprint density at radius 2 is 1.65 bits per heavy atom. The van der Waals surface area contributed by atoms with Crippen molar-refractivity contribution >= 4 is 17.8 Å². The van der Waals surface area contributed by atoms with Crippen LogP contribution >= 0.6 is 0 Å². The van der Waals surface area contributed by atoms with Crippen molar-refractivity contribution in [1.29, 1.82) is 0 Å². The van der Waals surface area contributed by atoms with Crippen molar-refractivity contribution in [2.24, 2.45) is 4.99 Å². The van der Waals surface area contributed by atoms with Gasteiger partial charge in [0.2, 0.25) is 0 Å². The van der Waals surface area contributed by atoms with E-state index in [1.807, 2.05) is 0 Å². The molecule has 0 amide bonds. The molecular formula is C12H19NNa2O5. The number of carboxylic acid groups (broad SMARTS) is 2. The number of carbonyl (C=O) groups is 2. The molecule has 104 valence electrons. The van der Waals surface area contributed by atoms with Crippen LogP contribution in [0.25, 0.3) is 0 Å². The fourth-order valence-electron chi connectivity index (χ4n) is 1.46. The van der Waals surface area contributed by atoms with E-state index in [1.54, 1.807) is 0 Å². The summed E-state index contributed by atoms with van der Waals surface area (Å²) in [6, 6.07) is -1.53. The molecular weight excluding hydrogens is 284 g/mol. The van der Waals surface area contributed by atoms with E-state index in [2.05, 4.69) is 11.9 Å². The molecule has 0 heterocycles. The van der Waals surface area contributed by atoms with Crippen LogP contribution in [0.3, 0.4) is 0 Å². The van der Waals surface area contributed by atoms with Gasteiger partial charge in [-0.15, -0.1) is 0 Å². The van der Waals surface area contributed by atoms with Crippen molar-refractivity contribution in [1.82, 2.24) is 0 Å². The molecule has 0 fully saturated rings. The summed E-state index contributed by atoms with van der Waals surface area (Å²) in [5.41, 5.74) is 0. The second-order valence-electron chi connectivity index (χ2n) is 4.12. The monoisotopic (exact) mass is 303 g/mol. The molecule has 8 heteroatoms. The van der Waals surface area contributed by atoms with Gasteiger partial charge in [0.15, 0.2) is 6.04 Å². The summed E-state index contributed by atoms with van der Waals surface area (Å²) in [5, 5.41) is 30.3. The van der Waals surface area contributed by atoms with Gasteiger partial charge in [0.25, 0.3) is 0 Å². The molecule has 1 N–H and O–H groups in total. The van der Waals surface area contributed by atoms with Crippen molar-refractivity contribution in [3.8, 4) is 0 Å². The first-order valence-corrected chi connectivity index (χ1v) is 6.13. The predicted molar refractivity (Wildman–Crippen MR) is 61.9 cm³/mol. The van der Waals surface area contributed by atoms with Crippen molar-refractivity contribution in [3.05, 3.63) is 0 Å². The van der Waals surface area contributed by atoms with Crippen molar-refractivity contribution in [2.75, 3.05) is 0 Å². The summed E-state index contributed by atoms with van der Waals surface area (Å²) < 4.78 is 0. The van der Waals surface area contributed by atoms with Crippen LogP contribution in [0.4, 0.5) is 0 Å². The number of rotatable bonds is 10. The SMILES string of the molecule is CCCCCCCC([O-])=N[C@@H](CC(=O)[O-])C(=O)O.[Na+].[Na+]. The summed E-state index contributed by atoms with van der Waals surface area (Å²) in [5.74, 6) is -3.50. The normalized spacial score (nSPS) is 11.9. The number of carbonyl (C=O) groups excluding carboxylic acids is 1. The Bertz CT molecular complexity index is 310. The minimum Gasteiger partial charge on any atom is -0.862 e. The second kappa shape index (κ2) is 15.8. The quantitative estimate of drug-likeness (QED) is 0.187. The van der Waals surface area contributed by atoms with Gasteiger partial charge < -0.3 is 20.1 Å². The van der Waals surface area contributed by atoms with Gasteiger partial charge >= 0.3 is 65.1 Å². The Balaban J connectivity index is -0.00000144. The first-order valence-electron chi connectivity index (χ1n) is 6.13. The van der Waals surface area contributed by atoms with Crippen LogP contribution in [0, 0.1) is 0 Å². The third kappa shape index (κ3) is 14.8. The van der Waals surface area contributed by atoms with E-state index in [1.165, 1.54) is 0 Å². The molecule has 0 unspecified atom stereocenters. The standard InChI is InChI=1S/C12H21NO5.2Na/c1-2-3-4-5-6-7-10(14)13-9(12(17)18)8-11(15)16;;/h9H,2-8H2,1H3,(H,13,14)(H,15,16)(H,17,18);;/q;2*+1/p-2/t9-;;/m0../s1. The van der Waals surface area contributed by atoms with Crippen LogP contribution in [-0.2, 0) is 9.59 Å². The molecule has 0 radical (unpaired) electrons. The Labute approximate surface area is 163 Å². The van der Waals surface area contributed by atoms with E-state index in [-0.39, 0.29) is 65.5 Å². The number of nitrogens with zero attached hydrogens (tertiary/aromatic N) is 1. The minimum atomic E-state index is -1.53. The van der Waals surface area contributed by atoms with Crippen LogP contribution in [0.5, 0.6) is 0 Å².